The van der Waals surface area contributed by atoms with Gasteiger partial charge in [-0.1, -0.05) is 30.3 Å². The van der Waals surface area contributed by atoms with Crippen LogP contribution in [0.2, 0.25) is 0 Å². The van der Waals surface area contributed by atoms with Crippen molar-refractivity contribution in [2.24, 2.45) is 5.92 Å². The summed E-state index contributed by atoms with van der Waals surface area (Å²) in [6.45, 7) is 0.505. The number of hydrogen-bond donors (Lipinski definition) is 0. The van der Waals surface area contributed by atoms with Crippen molar-refractivity contribution in [3.8, 4) is 5.75 Å². The fourth-order valence-corrected chi connectivity index (χ4v) is 2.62. The first-order valence-corrected chi connectivity index (χ1v) is 7.62. The number of aromatic nitrogens is 1. The molecule has 5 nitrogen and oxygen atoms in total. The van der Waals surface area contributed by atoms with Crippen molar-refractivity contribution < 1.29 is 14.4 Å². The zero-order valence-electron chi connectivity index (χ0n) is 13.3. The third kappa shape index (κ3) is 3.68. The average Bonchev–Trinajstić information content (AvgIpc) is 3.40. The molecule has 2 aromatic rings. The van der Waals surface area contributed by atoms with Crippen molar-refractivity contribution in [2.75, 3.05) is 14.2 Å². The van der Waals surface area contributed by atoms with Crippen molar-refractivity contribution >= 4 is 5.91 Å². The normalized spacial score (nSPS) is 19.2. The van der Waals surface area contributed by atoms with Gasteiger partial charge in [-0.25, -0.2) is 5.06 Å². The molecule has 1 amide bonds. The molecular formula is C18H20N2O3. The first-order valence-electron chi connectivity index (χ1n) is 7.62. The molecule has 1 fully saturated rings. The minimum absolute atomic E-state index is 0.00751. The molecule has 23 heavy (non-hydrogen) atoms. The second kappa shape index (κ2) is 6.79. The Balaban J connectivity index is 1.61. The molecule has 2 atom stereocenters. The highest BCUT2D eigenvalue weighted by Gasteiger charge is 2.45. The largest absolute Gasteiger partial charge is 0.487 e. The summed E-state index contributed by atoms with van der Waals surface area (Å²) in [6, 6.07) is 12.0. The first kappa shape index (κ1) is 15.5. The minimum Gasteiger partial charge on any atom is -0.487 e. The van der Waals surface area contributed by atoms with Gasteiger partial charge >= 0.3 is 0 Å². The van der Waals surface area contributed by atoms with Gasteiger partial charge in [-0.15, -0.1) is 0 Å². The van der Waals surface area contributed by atoms with E-state index in [-0.39, 0.29) is 17.7 Å². The molecule has 1 aliphatic rings. The van der Waals surface area contributed by atoms with Gasteiger partial charge < -0.3 is 4.74 Å². The second-order valence-corrected chi connectivity index (χ2v) is 5.70. The van der Waals surface area contributed by atoms with E-state index < -0.39 is 0 Å². The van der Waals surface area contributed by atoms with Crippen LogP contribution >= 0.6 is 0 Å². The van der Waals surface area contributed by atoms with Crippen molar-refractivity contribution in [2.45, 2.75) is 18.9 Å². The maximum atomic E-state index is 12.1. The summed E-state index contributed by atoms with van der Waals surface area (Å²) < 4.78 is 5.79. The second-order valence-electron chi connectivity index (χ2n) is 5.70. The van der Waals surface area contributed by atoms with E-state index in [1.165, 1.54) is 12.2 Å². The van der Waals surface area contributed by atoms with Gasteiger partial charge in [0.05, 0.1) is 13.3 Å². The summed E-state index contributed by atoms with van der Waals surface area (Å²) in [5.74, 6) is 0.914. The molecule has 120 valence electrons. The van der Waals surface area contributed by atoms with E-state index in [4.69, 9.17) is 9.57 Å². The van der Waals surface area contributed by atoms with Gasteiger partial charge in [-0.2, -0.15) is 0 Å². The molecule has 2 unspecified atom stereocenters. The van der Waals surface area contributed by atoms with Crippen LogP contribution in [0, 0.1) is 5.92 Å². The number of carbonyl (C=O) groups excluding carboxylic acids is 1. The van der Waals surface area contributed by atoms with Gasteiger partial charge in [0.25, 0.3) is 0 Å². The van der Waals surface area contributed by atoms with Crippen molar-refractivity contribution in [3.63, 3.8) is 0 Å². The number of pyridine rings is 1. The molecular weight excluding hydrogens is 292 g/mol. The van der Waals surface area contributed by atoms with E-state index in [0.717, 1.165) is 23.3 Å². The number of hydroxylamine groups is 2. The Kier molecular flexibility index (Phi) is 4.57. The van der Waals surface area contributed by atoms with Gasteiger partial charge in [0.15, 0.2) is 0 Å². The summed E-state index contributed by atoms with van der Waals surface area (Å²) >= 11 is 0. The van der Waals surface area contributed by atoms with Gasteiger partial charge in [0.2, 0.25) is 5.91 Å². The van der Waals surface area contributed by atoms with E-state index in [0.29, 0.717) is 6.61 Å². The first-order chi connectivity index (χ1) is 11.2. The van der Waals surface area contributed by atoms with Crippen LogP contribution in [-0.2, 0) is 16.2 Å². The number of benzene rings is 1. The van der Waals surface area contributed by atoms with Crippen LogP contribution in [0.25, 0.3) is 0 Å². The molecule has 0 saturated heterocycles. The van der Waals surface area contributed by atoms with Gasteiger partial charge in [0.1, 0.15) is 12.4 Å². The Morgan fingerprint density at radius 1 is 1.30 bits per heavy atom. The van der Waals surface area contributed by atoms with Crippen LogP contribution in [0.1, 0.15) is 23.5 Å². The zero-order chi connectivity index (χ0) is 16.2. The highest BCUT2D eigenvalue weighted by molar-refractivity contribution is 5.81. The van der Waals surface area contributed by atoms with Crippen molar-refractivity contribution in [1.82, 2.24) is 10.0 Å². The monoisotopic (exact) mass is 312 g/mol. The average molecular weight is 312 g/mol. The molecule has 1 aliphatic carbocycles. The molecule has 0 bridgehead atoms. The Bertz CT molecular complexity index is 675. The predicted molar refractivity (Wildman–Crippen MR) is 85.6 cm³/mol. The predicted octanol–water partition coefficient (Wildman–Crippen LogP) is 2.78. The third-order valence-corrected chi connectivity index (χ3v) is 4.10. The van der Waals surface area contributed by atoms with E-state index in [1.807, 2.05) is 36.4 Å². The molecule has 0 spiro atoms. The fourth-order valence-electron chi connectivity index (χ4n) is 2.62. The molecule has 1 heterocycles. The van der Waals surface area contributed by atoms with Crippen LogP contribution in [-0.4, -0.2) is 30.1 Å². The Morgan fingerprint density at radius 2 is 2.09 bits per heavy atom. The smallest absolute Gasteiger partial charge is 0.249 e. The number of carbonyl (C=O) groups is 1. The lowest BCUT2D eigenvalue weighted by molar-refractivity contribution is -0.170. The number of ether oxygens (including phenoxy) is 1. The SMILES string of the molecule is CON(C)C(=O)C1CC1c1cncc(OCc2ccccc2)c1. The van der Waals surface area contributed by atoms with Crippen LogP contribution < -0.4 is 4.74 Å². The minimum atomic E-state index is -0.0221. The van der Waals surface area contributed by atoms with Crippen LogP contribution in [0.5, 0.6) is 5.75 Å². The molecule has 3 rings (SSSR count). The summed E-state index contributed by atoms with van der Waals surface area (Å²) in [5.41, 5.74) is 2.15. The summed E-state index contributed by atoms with van der Waals surface area (Å²) in [5, 5.41) is 1.29. The summed E-state index contributed by atoms with van der Waals surface area (Å²) in [6.07, 6.45) is 4.34. The molecule has 0 aliphatic heterocycles. The summed E-state index contributed by atoms with van der Waals surface area (Å²) in [4.78, 5) is 21.3. The van der Waals surface area contributed by atoms with Gasteiger partial charge in [-0.3, -0.25) is 14.6 Å². The highest BCUT2D eigenvalue weighted by Crippen LogP contribution is 2.48. The van der Waals surface area contributed by atoms with Crippen LogP contribution in [0.15, 0.2) is 48.8 Å². The lowest BCUT2D eigenvalue weighted by Crippen LogP contribution is -2.27. The Morgan fingerprint density at radius 3 is 2.83 bits per heavy atom. The lowest BCUT2D eigenvalue weighted by atomic mass is 10.1. The number of rotatable bonds is 6. The van der Waals surface area contributed by atoms with E-state index in [2.05, 4.69) is 4.98 Å². The molecule has 5 heteroatoms. The Hall–Kier alpha value is -2.40. The maximum absolute atomic E-state index is 12.1. The standard InChI is InChI=1S/C18H20N2O3/c1-20(22-2)18(21)17-9-16(17)14-8-15(11-19-10-14)23-12-13-6-4-3-5-7-13/h3-8,10-11,16-17H,9,12H2,1-2H3. The molecule has 1 saturated carbocycles. The van der Waals surface area contributed by atoms with Crippen LogP contribution in [0.3, 0.4) is 0 Å². The number of nitrogens with zero attached hydrogens (tertiary/aromatic N) is 2. The maximum Gasteiger partial charge on any atom is 0.249 e. The molecule has 1 aromatic carbocycles. The van der Waals surface area contributed by atoms with E-state index in [9.17, 15) is 4.79 Å². The molecule has 1 aromatic heterocycles. The quantitative estimate of drug-likeness (QED) is 0.770. The van der Waals surface area contributed by atoms with Crippen molar-refractivity contribution in [3.05, 3.63) is 59.9 Å². The third-order valence-electron chi connectivity index (χ3n) is 4.10. The zero-order valence-corrected chi connectivity index (χ0v) is 13.3. The van der Waals surface area contributed by atoms with Gasteiger partial charge in [0, 0.05) is 19.2 Å². The highest BCUT2D eigenvalue weighted by atomic mass is 16.7. The number of hydrogen-bond acceptors (Lipinski definition) is 4. The fraction of sp³-hybridized carbons (Fsp3) is 0.333. The summed E-state index contributed by atoms with van der Waals surface area (Å²) in [7, 11) is 3.13. The molecule has 0 radical (unpaired) electrons. The Labute approximate surface area is 135 Å². The topological polar surface area (TPSA) is 51.7 Å². The van der Waals surface area contributed by atoms with Gasteiger partial charge in [-0.05, 0) is 29.5 Å². The van der Waals surface area contributed by atoms with E-state index >= 15 is 0 Å². The lowest BCUT2D eigenvalue weighted by Gasteiger charge is -2.13. The number of amides is 1. The van der Waals surface area contributed by atoms with Crippen LogP contribution in [0.4, 0.5) is 0 Å². The van der Waals surface area contributed by atoms with Crippen molar-refractivity contribution in [1.29, 1.82) is 0 Å². The van der Waals surface area contributed by atoms with E-state index in [1.54, 1.807) is 19.4 Å². The molecule has 0 N–H and O–H groups in total.